The maximum atomic E-state index is 9.68. The number of hydrogen-bond donors (Lipinski definition) is 5. The van der Waals surface area contributed by atoms with E-state index >= 15 is 0 Å². The van der Waals surface area contributed by atoms with Gasteiger partial charge in [0.1, 0.15) is 0 Å². The van der Waals surface area contributed by atoms with Crippen LogP contribution < -0.4 is 5.32 Å². The summed E-state index contributed by atoms with van der Waals surface area (Å²) in [5.74, 6) is -0.240. The minimum absolute atomic E-state index is 0.234. The lowest BCUT2D eigenvalue weighted by Gasteiger charge is -2.18. The quantitative estimate of drug-likeness (QED) is 0.519. The van der Waals surface area contributed by atoms with Crippen molar-refractivity contribution in [2.24, 2.45) is 11.8 Å². The highest BCUT2D eigenvalue weighted by molar-refractivity contribution is 5.52. The molecule has 0 radical (unpaired) electrons. The van der Waals surface area contributed by atoms with E-state index in [-0.39, 0.29) is 18.1 Å². The van der Waals surface area contributed by atoms with Crippen LogP contribution in [0.3, 0.4) is 0 Å². The molecule has 1 aromatic rings. The van der Waals surface area contributed by atoms with Gasteiger partial charge < -0.3 is 25.7 Å². The van der Waals surface area contributed by atoms with E-state index in [2.05, 4.69) is 5.32 Å². The van der Waals surface area contributed by atoms with Gasteiger partial charge >= 0.3 is 0 Å². The topological polar surface area (TPSA) is 93.0 Å². The van der Waals surface area contributed by atoms with Gasteiger partial charge in [0, 0.05) is 18.7 Å². The summed E-state index contributed by atoms with van der Waals surface area (Å²) in [7, 11) is 0. The Morgan fingerprint density at radius 2 is 1.79 bits per heavy atom. The lowest BCUT2D eigenvalue weighted by atomic mass is 9.97. The van der Waals surface area contributed by atoms with E-state index in [0.717, 1.165) is 25.8 Å². The van der Waals surface area contributed by atoms with Gasteiger partial charge in [0.15, 0.2) is 11.5 Å². The Balaban J connectivity index is 1.88. The third-order valence-corrected chi connectivity index (χ3v) is 3.99. The van der Waals surface area contributed by atoms with Crippen LogP contribution >= 0.6 is 0 Å². The highest BCUT2D eigenvalue weighted by Gasteiger charge is 2.26. The second-order valence-corrected chi connectivity index (χ2v) is 5.21. The SMILES string of the molecule is OCC1CCCC1CNCc1ccc(O)c(O)c1O. The molecular weight excluding hydrogens is 246 g/mol. The largest absolute Gasteiger partial charge is 0.504 e. The summed E-state index contributed by atoms with van der Waals surface area (Å²) in [6, 6.07) is 2.94. The van der Waals surface area contributed by atoms with Crippen LogP contribution in [0.15, 0.2) is 12.1 Å². The van der Waals surface area contributed by atoms with Crippen molar-refractivity contribution in [3.8, 4) is 17.2 Å². The number of phenolic OH excluding ortho intramolecular Hbond substituents is 3. The molecule has 1 aromatic carbocycles. The number of phenols is 3. The Labute approximate surface area is 112 Å². The van der Waals surface area contributed by atoms with E-state index in [9.17, 15) is 20.4 Å². The summed E-state index contributed by atoms with van der Waals surface area (Å²) in [6.45, 7) is 1.44. The average molecular weight is 267 g/mol. The second kappa shape index (κ2) is 6.12. The molecule has 0 bridgehead atoms. The number of nitrogens with one attached hydrogen (secondary N) is 1. The molecule has 0 saturated heterocycles. The highest BCUT2D eigenvalue weighted by Crippen LogP contribution is 2.37. The molecule has 19 heavy (non-hydrogen) atoms. The third-order valence-electron chi connectivity index (χ3n) is 3.99. The van der Waals surface area contributed by atoms with Crippen molar-refractivity contribution in [3.05, 3.63) is 17.7 Å². The predicted molar refractivity (Wildman–Crippen MR) is 71.1 cm³/mol. The van der Waals surface area contributed by atoms with Gasteiger partial charge in [-0.3, -0.25) is 0 Å². The Hall–Kier alpha value is -1.46. The molecule has 0 spiro atoms. The number of benzene rings is 1. The molecule has 2 unspecified atom stereocenters. The molecule has 1 saturated carbocycles. The fourth-order valence-electron chi connectivity index (χ4n) is 2.77. The maximum absolute atomic E-state index is 9.68. The summed E-state index contributed by atoms with van der Waals surface area (Å²) in [5.41, 5.74) is 0.550. The fraction of sp³-hybridized carbons (Fsp3) is 0.571. The Morgan fingerprint density at radius 1 is 1.05 bits per heavy atom. The summed E-state index contributed by atoms with van der Waals surface area (Å²) in [4.78, 5) is 0. The van der Waals surface area contributed by atoms with Crippen molar-refractivity contribution in [1.82, 2.24) is 5.32 Å². The van der Waals surface area contributed by atoms with E-state index in [4.69, 9.17) is 0 Å². The molecule has 2 rings (SSSR count). The molecule has 0 aliphatic heterocycles. The Morgan fingerprint density at radius 3 is 2.53 bits per heavy atom. The zero-order valence-electron chi connectivity index (χ0n) is 10.8. The van der Waals surface area contributed by atoms with Gasteiger partial charge in [0.25, 0.3) is 0 Å². The van der Waals surface area contributed by atoms with E-state index in [1.165, 1.54) is 6.07 Å². The van der Waals surface area contributed by atoms with Crippen molar-refractivity contribution >= 4 is 0 Å². The van der Waals surface area contributed by atoms with Gasteiger partial charge in [-0.05, 0) is 37.3 Å². The molecule has 0 amide bonds. The monoisotopic (exact) mass is 267 g/mol. The van der Waals surface area contributed by atoms with Crippen molar-refractivity contribution < 1.29 is 20.4 Å². The molecule has 0 aromatic heterocycles. The van der Waals surface area contributed by atoms with Gasteiger partial charge in [-0.25, -0.2) is 0 Å². The van der Waals surface area contributed by atoms with Crippen molar-refractivity contribution in [2.75, 3.05) is 13.2 Å². The predicted octanol–water partition coefficient (Wildman–Crippen LogP) is 1.30. The molecule has 0 heterocycles. The lowest BCUT2D eigenvalue weighted by molar-refractivity contribution is 0.192. The summed E-state index contributed by atoms with van der Waals surface area (Å²) < 4.78 is 0. The van der Waals surface area contributed by atoms with Crippen LogP contribution in [0.4, 0.5) is 0 Å². The van der Waals surface area contributed by atoms with Crippen LogP contribution in [0.25, 0.3) is 0 Å². The first-order valence-corrected chi connectivity index (χ1v) is 6.67. The van der Waals surface area contributed by atoms with Crippen molar-refractivity contribution in [2.45, 2.75) is 25.8 Å². The molecule has 1 fully saturated rings. The first-order chi connectivity index (χ1) is 9.13. The summed E-state index contributed by atoms with van der Waals surface area (Å²) in [6.07, 6.45) is 3.35. The maximum Gasteiger partial charge on any atom is 0.200 e. The summed E-state index contributed by atoms with van der Waals surface area (Å²) in [5, 5.41) is 40.8. The van der Waals surface area contributed by atoms with E-state index in [1.54, 1.807) is 6.07 Å². The molecule has 106 valence electrons. The zero-order valence-corrected chi connectivity index (χ0v) is 10.8. The smallest absolute Gasteiger partial charge is 0.200 e. The number of rotatable bonds is 5. The summed E-state index contributed by atoms with van der Waals surface area (Å²) >= 11 is 0. The van der Waals surface area contributed by atoms with E-state index < -0.39 is 5.75 Å². The minimum atomic E-state index is -0.478. The number of hydrogen-bond acceptors (Lipinski definition) is 5. The van der Waals surface area contributed by atoms with Gasteiger partial charge in [0.05, 0.1) is 0 Å². The van der Waals surface area contributed by atoms with Crippen LogP contribution in [0.1, 0.15) is 24.8 Å². The second-order valence-electron chi connectivity index (χ2n) is 5.21. The van der Waals surface area contributed by atoms with Crippen LogP contribution in [-0.2, 0) is 6.54 Å². The lowest BCUT2D eigenvalue weighted by Crippen LogP contribution is -2.26. The van der Waals surface area contributed by atoms with Crippen LogP contribution in [0, 0.1) is 11.8 Å². The fourth-order valence-corrected chi connectivity index (χ4v) is 2.77. The van der Waals surface area contributed by atoms with Crippen LogP contribution in [-0.4, -0.2) is 33.6 Å². The zero-order chi connectivity index (χ0) is 13.8. The standard InChI is InChI=1S/C14H21NO4/c16-8-11-3-1-2-9(11)6-15-7-10-4-5-12(17)14(19)13(10)18/h4-5,9,11,15-19H,1-3,6-8H2. The average Bonchev–Trinajstić information content (AvgIpc) is 2.86. The van der Waals surface area contributed by atoms with Crippen LogP contribution in [0.5, 0.6) is 17.2 Å². The Bertz CT molecular complexity index is 436. The molecule has 1 aliphatic carbocycles. The van der Waals surface area contributed by atoms with Gasteiger partial charge in [0.2, 0.25) is 5.75 Å². The molecule has 1 aliphatic rings. The molecular formula is C14H21NO4. The van der Waals surface area contributed by atoms with Gasteiger partial charge in [-0.2, -0.15) is 0 Å². The van der Waals surface area contributed by atoms with E-state index in [0.29, 0.717) is 23.9 Å². The molecule has 5 heteroatoms. The third kappa shape index (κ3) is 3.11. The highest BCUT2D eigenvalue weighted by atomic mass is 16.3. The van der Waals surface area contributed by atoms with Gasteiger partial charge in [-0.15, -0.1) is 0 Å². The molecule has 2 atom stereocenters. The Kier molecular flexibility index (Phi) is 4.50. The number of aromatic hydroxyl groups is 3. The van der Waals surface area contributed by atoms with Gasteiger partial charge in [-0.1, -0.05) is 12.5 Å². The minimum Gasteiger partial charge on any atom is -0.504 e. The number of aliphatic hydroxyl groups excluding tert-OH is 1. The van der Waals surface area contributed by atoms with Crippen LogP contribution in [0.2, 0.25) is 0 Å². The first kappa shape index (κ1) is 14.0. The van der Waals surface area contributed by atoms with Crippen molar-refractivity contribution in [1.29, 1.82) is 0 Å². The first-order valence-electron chi connectivity index (χ1n) is 6.67. The van der Waals surface area contributed by atoms with Crippen molar-refractivity contribution in [3.63, 3.8) is 0 Å². The normalized spacial score (nSPS) is 22.8. The molecule has 5 N–H and O–H groups in total. The van der Waals surface area contributed by atoms with E-state index in [1.807, 2.05) is 0 Å². The molecule has 5 nitrogen and oxygen atoms in total. The number of aliphatic hydroxyl groups is 1.